The van der Waals surface area contributed by atoms with Crippen molar-refractivity contribution < 1.29 is 0 Å². The van der Waals surface area contributed by atoms with Gasteiger partial charge in [-0.15, -0.1) is 21.5 Å². The molecule has 4 heterocycles. The van der Waals surface area contributed by atoms with Gasteiger partial charge in [0.2, 0.25) is 0 Å². The average molecular weight is 370 g/mol. The fraction of sp³-hybridized carbons (Fsp3) is 0.188. The van der Waals surface area contributed by atoms with Crippen LogP contribution in [0.25, 0.3) is 16.3 Å². The van der Waals surface area contributed by atoms with Crippen molar-refractivity contribution in [2.45, 2.75) is 17.8 Å². The second-order valence-corrected chi connectivity index (χ2v) is 7.25. The van der Waals surface area contributed by atoms with Gasteiger partial charge in [-0.3, -0.25) is 14.2 Å². The molecule has 7 nitrogen and oxygen atoms in total. The van der Waals surface area contributed by atoms with E-state index in [0.717, 1.165) is 32.9 Å². The molecule has 4 rings (SSSR count). The molecule has 0 aliphatic rings. The lowest BCUT2D eigenvalue weighted by molar-refractivity contribution is 0.793. The van der Waals surface area contributed by atoms with E-state index in [1.165, 1.54) is 23.1 Å². The largest absolute Gasteiger partial charge is 0.305 e. The van der Waals surface area contributed by atoms with Gasteiger partial charge in [0.15, 0.2) is 15.9 Å². The first kappa shape index (κ1) is 16.0. The molecule has 0 fully saturated rings. The van der Waals surface area contributed by atoms with Crippen LogP contribution in [0.5, 0.6) is 0 Å². The molecule has 0 N–H and O–H groups in total. The minimum Gasteiger partial charge on any atom is -0.305 e. The summed E-state index contributed by atoms with van der Waals surface area (Å²) in [7, 11) is 1.92. The van der Waals surface area contributed by atoms with Crippen LogP contribution in [-0.4, -0.2) is 29.1 Å². The SMILES string of the molecule is Cc1csc2nc(CSc3nnc(-c4ccncc4)n3C)cc(=O)n12. The van der Waals surface area contributed by atoms with E-state index < -0.39 is 0 Å². The van der Waals surface area contributed by atoms with Crippen LogP contribution >= 0.6 is 23.1 Å². The van der Waals surface area contributed by atoms with Gasteiger partial charge in [-0.2, -0.15) is 0 Å². The maximum atomic E-state index is 12.2. The molecule has 4 aromatic rings. The van der Waals surface area contributed by atoms with E-state index in [-0.39, 0.29) is 5.56 Å². The van der Waals surface area contributed by atoms with Crippen molar-refractivity contribution in [3.05, 3.63) is 57.7 Å². The highest BCUT2D eigenvalue weighted by Gasteiger charge is 2.12. The minimum atomic E-state index is -0.0465. The van der Waals surface area contributed by atoms with Gasteiger partial charge in [0, 0.05) is 47.9 Å². The van der Waals surface area contributed by atoms with Crippen LogP contribution in [0.15, 0.2) is 45.9 Å². The highest BCUT2D eigenvalue weighted by atomic mass is 32.2. The van der Waals surface area contributed by atoms with E-state index in [1.54, 1.807) is 22.9 Å². The van der Waals surface area contributed by atoms with Gasteiger partial charge < -0.3 is 4.57 Å². The molecular formula is C16H14N6OS2. The maximum absolute atomic E-state index is 12.2. The van der Waals surface area contributed by atoms with Gasteiger partial charge in [-0.25, -0.2) is 4.98 Å². The minimum absolute atomic E-state index is 0.0465. The molecular weight excluding hydrogens is 356 g/mol. The van der Waals surface area contributed by atoms with E-state index in [2.05, 4.69) is 20.2 Å². The molecule has 9 heteroatoms. The molecule has 0 radical (unpaired) electrons. The van der Waals surface area contributed by atoms with Crippen LogP contribution in [0.4, 0.5) is 0 Å². The standard InChI is InChI=1S/C16H14N6OS2/c1-10-8-24-15-18-12(7-13(23)22(10)15)9-25-16-20-19-14(21(16)2)11-3-5-17-6-4-11/h3-8H,9H2,1-2H3. The Balaban J connectivity index is 1.58. The Hall–Kier alpha value is -2.52. The molecule has 0 aliphatic carbocycles. The quantitative estimate of drug-likeness (QED) is 0.514. The number of nitrogens with zero attached hydrogens (tertiary/aromatic N) is 6. The van der Waals surface area contributed by atoms with Crippen LogP contribution < -0.4 is 5.56 Å². The number of thioether (sulfide) groups is 1. The van der Waals surface area contributed by atoms with Crippen molar-refractivity contribution >= 4 is 28.1 Å². The lowest BCUT2D eigenvalue weighted by Crippen LogP contribution is -2.14. The van der Waals surface area contributed by atoms with Crippen molar-refractivity contribution in [1.29, 1.82) is 0 Å². The number of hydrogen-bond donors (Lipinski definition) is 0. The summed E-state index contributed by atoms with van der Waals surface area (Å²) in [5, 5.41) is 11.2. The Labute approximate surface area is 151 Å². The first-order chi connectivity index (χ1) is 12.1. The molecule has 0 bridgehead atoms. The smallest absolute Gasteiger partial charge is 0.258 e. The Morgan fingerprint density at radius 3 is 2.84 bits per heavy atom. The molecule has 0 spiro atoms. The molecule has 0 aromatic carbocycles. The number of hydrogen-bond acceptors (Lipinski definition) is 7. The zero-order valence-electron chi connectivity index (χ0n) is 13.6. The van der Waals surface area contributed by atoms with Crippen molar-refractivity contribution in [2.24, 2.45) is 7.05 Å². The Morgan fingerprint density at radius 2 is 2.04 bits per heavy atom. The number of aromatic nitrogens is 6. The second-order valence-electron chi connectivity index (χ2n) is 5.47. The Morgan fingerprint density at radius 1 is 1.24 bits per heavy atom. The maximum Gasteiger partial charge on any atom is 0.258 e. The average Bonchev–Trinajstić information content (AvgIpc) is 3.17. The number of aryl methyl sites for hydroxylation is 1. The second kappa shape index (κ2) is 6.41. The molecule has 0 atom stereocenters. The van der Waals surface area contributed by atoms with Gasteiger partial charge in [0.05, 0.1) is 5.69 Å². The fourth-order valence-corrected chi connectivity index (χ4v) is 4.20. The van der Waals surface area contributed by atoms with Crippen molar-refractivity contribution in [3.63, 3.8) is 0 Å². The summed E-state index contributed by atoms with van der Waals surface area (Å²) in [5.74, 6) is 1.34. The predicted octanol–water partition coefficient (Wildman–Crippen LogP) is 2.55. The highest BCUT2D eigenvalue weighted by Crippen LogP contribution is 2.24. The summed E-state index contributed by atoms with van der Waals surface area (Å²) in [6.07, 6.45) is 3.46. The zero-order valence-corrected chi connectivity index (χ0v) is 15.2. The normalized spacial score (nSPS) is 11.3. The molecule has 0 saturated heterocycles. The summed E-state index contributed by atoms with van der Waals surface area (Å²) < 4.78 is 3.56. The van der Waals surface area contributed by atoms with Crippen LogP contribution in [0.2, 0.25) is 0 Å². The number of thiazole rings is 1. The van der Waals surface area contributed by atoms with E-state index in [4.69, 9.17) is 0 Å². The van der Waals surface area contributed by atoms with E-state index in [9.17, 15) is 4.79 Å². The van der Waals surface area contributed by atoms with Crippen molar-refractivity contribution in [2.75, 3.05) is 0 Å². The van der Waals surface area contributed by atoms with Crippen LogP contribution in [0.1, 0.15) is 11.4 Å². The summed E-state index contributed by atoms with van der Waals surface area (Å²) in [4.78, 5) is 21.5. The fourth-order valence-electron chi connectivity index (χ4n) is 2.51. The first-order valence-electron chi connectivity index (χ1n) is 7.53. The molecule has 0 amide bonds. The Kier molecular flexibility index (Phi) is 4.10. The van der Waals surface area contributed by atoms with E-state index >= 15 is 0 Å². The number of pyridine rings is 1. The third kappa shape index (κ3) is 2.96. The number of fused-ring (bicyclic) bond motifs is 1. The third-order valence-corrected chi connectivity index (χ3v) is 5.75. The monoisotopic (exact) mass is 370 g/mol. The van der Waals surface area contributed by atoms with Gasteiger partial charge >= 0.3 is 0 Å². The summed E-state index contributed by atoms with van der Waals surface area (Å²) in [6.45, 7) is 1.90. The predicted molar refractivity (Wildman–Crippen MR) is 97.9 cm³/mol. The number of rotatable bonds is 4. The van der Waals surface area contributed by atoms with Crippen molar-refractivity contribution in [1.82, 2.24) is 29.1 Å². The van der Waals surface area contributed by atoms with Gasteiger partial charge in [0.1, 0.15) is 0 Å². The summed E-state index contributed by atoms with van der Waals surface area (Å²) in [6, 6.07) is 5.38. The lowest BCUT2D eigenvalue weighted by Gasteiger charge is -2.04. The van der Waals surface area contributed by atoms with E-state index in [1.807, 2.05) is 36.1 Å². The molecule has 0 unspecified atom stereocenters. The summed E-state index contributed by atoms with van der Waals surface area (Å²) >= 11 is 2.98. The van der Waals surface area contributed by atoms with Crippen LogP contribution in [0.3, 0.4) is 0 Å². The van der Waals surface area contributed by atoms with Crippen LogP contribution in [0, 0.1) is 6.92 Å². The highest BCUT2D eigenvalue weighted by molar-refractivity contribution is 7.98. The van der Waals surface area contributed by atoms with Gasteiger partial charge in [0.25, 0.3) is 5.56 Å². The van der Waals surface area contributed by atoms with Crippen LogP contribution in [-0.2, 0) is 12.8 Å². The molecule has 4 aromatic heterocycles. The zero-order chi connectivity index (χ0) is 17.4. The molecule has 0 saturated carbocycles. The molecule has 25 heavy (non-hydrogen) atoms. The molecule has 126 valence electrons. The Bertz CT molecular complexity index is 1100. The van der Waals surface area contributed by atoms with Gasteiger partial charge in [-0.1, -0.05) is 11.8 Å². The van der Waals surface area contributed by atoms with Crippen molar-refractivity contribution in [3.8, 4) is 11.4 Å². The molecule has 0 aliphatic heterocycles. The lowest BCUT2D eigenvalue weighted by atomic mass is 10.2. The third-order valence-electron chi connectivity index (χ3n) is 3.75. The first-order valence-corrected chi connectivity index (χ1v) is 9.39. The van der Waals surface area contributed by atoms with Gasteiger partial charge in [-0.05, 0) is 19.1 Å². The topological polar surface area (TPSA) is 78.0 Å². The van der Waals surface area contributed by atoms with E-state index in [0.29, 0.717) is 5.75 Å². The summed E-state index contributed by atoms with van der Waals surface area (Å²) in [5.41, 5.74) is 2.57.